The van der Waals surface area contributed by atoms with Gasteiger partial charge in [0.05, 0.1) is 31.7 Å². The summed E-state index contributed by atoms with van der Waals surface area (Å²) in [7, 11) is 0. The first-order valence-corrected chi connectivity index (χ1v) is 15.7. The molecular formula is C33H48N2O9. The average molecular weight is 617 g/mol. The number of amides is 1. The van der Waals surface area contributed by atoms with E-state index in [1.165, 1.54) is 0 Å². The zero-order valence-corrected chi connectivity index (χ0v) is 25.7. The van der Waals surface area contributed by atoms with Crippen LogP contribution >= 0.6 is 0 Å². The van der Waals surface area contributed by atoms with Crippen LogP contribution in [0.4, 0.5) is 0 Å². The SMILES string of the molecule is CCNC(=O)CCC/C=C\C[C@@H]1[C@@H](/C=C/[C@@H](O)CCc2ccccc2)[C@H](OC(=O)CCC(=O)OCCCC[N+](=O)[O-])C[C@@H]1O. The molecule has 5 atom stereocenters. The fourth-order valence-electron chi connectivity index (χ4n) is 5.19. The molecule has 1 saturated carbocycles. The van der Waals surface area contributed by atoms with Crippen molar-refractivity contribution in [2.75, 3.05) is 19.7 Å². The normalized spacial score (nSPS) is 20.5. The van der Waals surface area contributed by atoms with Gasteiger partial charge in [-0.2, -0.15) is 0 Å². The molecule has 0 aliphatic heterocycles. The molecule has 44 heavy (non-hydrogen) atoms. The fraction of sp³-hybridized carbons (Fsp3) is 0.606. The van der Waals surface area contributed by atoms with E-state index in [9.17, 15) is 34.7 Å². The molecule has 0 saturated heterocycles. The van der Waals surface area contributed by atoms with E-state index in [0.29, 0.717) is 51.5 Å². The van der Waals surface area contributed by atoms with Crippen molar-refractivity contribution in [1.82, 2.24) is 5.32 Å². The van der Waals surface area contributed by atoms with Crippen molar-refractivity contribution in [2.24, 2.45) is 11.8 Å². The molecule has 1 aromatic rings. The number of unbranched alkanes of at least 4 members (excludes halogenated alkanes) is 2. The topological polar surface area (TPSA) is 165 Å². The Morgan fingerprint density at radius 3 is 2.57 bits per heavy atom. The standard InChI is InChI=1S/C33H48N2O9/c1-2-34-31(38)15-9-4-3-8-14-27-28(19-18-26(36)17-16-25-12-6-5-7-13-25)30(24-29(27)37)44-33(40)21-20-32(39)43-23-11-10-22-35(41)42/h3,5-8,12-13,18-19,26-30,36-37H,2,4,9-11,14-17,20-24H2,1H3,(H,34,38)/b8-3-,19-18+/t26-,27+,28+,29-,30+/m0/s1. The van der Waals surface area contributed by atoms with Gasteiger partial charge < -0.3 is 25.0 Å². The lowest BCUT2D eigenvalue weighted by Gasteiger charge is -2.22. The second-order valence-corrected chi connectivity index (χ2v) is 11.1. The van der Waals surface area contributed by atoms with E-state index in [0.717, 1.165) is 12.0 Å². The minimum absolute atomic E-state index is 0.0220. The Balaban J connectivity index is 1.93. The van der Waals surface area contributed by atoms with Crippen LogP contribution in [0.25, 0.3) is 0 Å². The molecule has 11 nitrogen and oxygen atoms in total. The molecule has 0 unspecified atom stereocenters. The molecule has 1 fully saturated rings. The van der Waals surface area contributed by atoms with Gasteiger partial charge in [-0.1, -0.05) is 54.6 Å². The molecule has 0 radical (unpaired) electrons. The number of allylic oxidation sites excluding steroid dienone is 2. The van der Waals surface area contributed by atoms with Crippen LogP contribution in [0, 0.1) is 22.0 Å². The van der Waals surface area contributed by atoms with E-state index in [2.05, 4.69) is 5.32 Å². The Morgan fingerprint density at radius 1 is 1.09 bits per heavy atom. The largest absolute Gasteiger partial charge is 0.466 e. The van der Waals surface area contributed by atoms with Crippen molar-refractivity contribution in [3.05, 3.63) is 70.3 Å². The number of carbonyl (C=O) groups excluding carboxylic acids is 3. The van der Waals surface area contributed by atoms with Crippen LogP contribution in [0.1, 0.15) is 76.7 Å². The molecule has 11 heteroatoms. The number of rotatable bonds is 21. The highest BCUT2D eigenvalue weighted by molar-refractivity contribution is 5.77. The van der Waals surface area contributed by atoms with Crippen molar-refractivity contribution >= 4 is 17.8 Å². The lowest BCUT2D eigenvalue weighted by atomic mass is 9.89. The first-order chi connectivity index (χ1) is 21.2. The molecule has 0 spiro atoms. The zero-order valence-electron chi connectivity index (χ0n) is 25.7. The van der Waals surface area contributed by atoms with E-state index in [1.54, 1.807) is 6.08 Å². The second-order valence-electron chi connectivity index (χ2n) is 11.1. The van der Waals surface area contributed by atoms with Gasteiger partial charge >= 0.3 is 11.9 Å². The van der Waals surface area contributed by atoms with Crippen LogP contribution in [0.5, 0.6) is 0 Å². The van der Waals surface area contributed by atoms with Crippen LogP contribution in [0.2, 0.25) is 0 Å². The summed E-state index contributed by atoms with van der Waals surface area (Å²) in [6.45, 7) is 2.35. The number of hydrogen-bond acceptors (Lipinski definition) is 9. The molecule has 244 valence electrons. The number of benzene rings is 1. The van der Waals surface area contributed by atoms with E-state index in [1.807, 2.05) is 55.5 Å². The van der Waals surface area contributed by atoms with Crippen molar-refractivity contribution in [1.29, 1.82) is 0 Å². The summed E-state index contributed by atoms with van der Waals surface area (Å²) in [6.07, 6.45) is 9.62. The van der Waals surface area contributed by atoms with Gasteiger partial charge in [0.2, 0.25) is 12.5 Å². The number of hydrogen-bond donors (Lipinski definition) is 3. The quantitative estimate of drug-likeness (QED) is 0.0607. The molecule has 1 aliphatic rings. The van der Waals surface area contributed by atoms with Crippen LogP contribution in [0.15, 0.2) is 54.6 Å². The third kappa shape index (κ3) is 15.2. The maximum absolute atomic E-state index is 12.6. The van der Waals surface area contributed by atoms with Gasteiger partial charge in [-0.3, -0.25) is 24.5 Å². The molecule has 0 aromatic heterocycles. The van der Waals surface area contributed by atoms with Gasteiger partial charge in [0.15, 0.2) is 0 Å². The number of carbonyl (C=O) groups is 3. The fourth-order valence-corrected chi connectivity index (χ4v) is 5.19. The van der Waals surface area contributed by atoms with Crippen molar-refractivity contribution < 1.29 is 39.0 Å². The Bertz CT molecular complexity index is 1080. The summed E-state index contributed by atoms with van der Waals surface area (Å²) < 4.78 is 10.8. The van der Waals surface area contributed by atoms with Crippen molar-refractivity contribution in [3.63, 3.8) is 0 Å². The smallest absolute Gasteiger partial charge is 0.306 e. The Hall–Kier alpha value is -3.57. The van der Waals surface area contributed by atoms with Crippen molar-refractivity contribution in [3.8, 4) is 0 Å². The first-order valence-electron chi connectivity index (χ1n) is 15.7. The molecular weight excluding hydrogens is 568 g/mol. The second kappa shape index (κ2) is 21.2. The van der Waals surface area contributed by atoms with E-state index in [4.69, 9.17) is 9.47 Å². The minimum Gasteiger partial charge on any atom is -0.466 e. The van der Waals surface area contributed by atoms with Gasteiger partial charge in [-0.05, 0) is 56.9 Å². The predicted octanol–water partition coefficient (Wildman–Crippen LogP) is 4.08. The van der Waals surface area contributed by atoms with Gasteiger partial charge in [-0.15, -0.1) is 0 Å². The Kier molecular flexibility index (Phi) is 17.6. The number of esters is 2. The summed E-state index contributed by atoms with van der Waals surface area (Å²) in [5.74, 6) is -1.73. The summed E-state index contributed by atoms with van der Waals surface area (Å²) in [5, 5.41) is 34.7. The van der Waals surface area contributed by atoms with Gasteiger partial charge in [0, 0.05) is 36.6 Å². The number of aliphatic hydroxyl groups is 2. The molecule has 0 heterocycles. The summed E-state index contributed by atoms with van der Waals surface area (Å²) >= 11 is 0. The number of nitrogens with one attached hydrogen (secondary N) is 1. The van der Waals surface area contributed by atoms with Gasteiger partial charge in [0.1, 0.15) is 6.10 Å². The summed E-state index contributed by atoms with van der Waals surface area (Å²) in [6, 6.07) is 9.85. The highest BCUT2D eigenvalue weighted by Gasteiger charge is 2.42. The molecule has 1 aliphatic carbocycles. The molecule has 1 amide bonds. The number of aryl methyl sites for hydroxylation is 1. The number of nitrogens with zero attached hydrogens (tertiary/aromatic N) is 1. The lowest BCUT2D eigenvalue weighted by Crippen LogP contribution is -2.25. The van der Waals surface area contributed by atoms with Gasteiger partial charge in [-0.25, -0.2) is 0 Å². The third-order valence-corrected chi connectivity index (χ3v) is 7.56. The van der Waals surface area contributed by atoms with Crippen LogP contribution in [-0.2, 0) is 30.3 Å². The van der Waals surface area contributed by atoms with Crippen molar-refractivity contribution in [2.45, 2.75) is 95.9 Å². The number of nitro groups is 1. The lowest BCUT2D eigenvalue weighted by molar-refractivity contribution is -0.480. The molecule has 3 N–H and O–H groups in total. The monoisotopic (exact) mass is 616 g/mol. The molecule has 0 bridgehead atoms. The maximum Gasteiger partial charge on any atom is 0.306 e. The van der Waals surface area contributed by atoms with Crippen LogP contribution in [0.3, 0.4) is 0 Å². The number of aliphatic hydroxyl groups excluding tert-OH is 2. The van der Waals surface area contributed by atoms with Crippen LogP contribution in [-0.4, -0.2) is 71.0 Å². The molecule has 1 aromatic carbocycles. The highest BCUT2D eigenvalue weighted by Crippen LogP contribution is 2.38. The predicted molar refractivity (Wildman–Crippen MR) is 165 cm³/mol. The van der Waals surface area contributed by atoms with Gasteiger partial charge in [0.25, 0.3) is 0 Å². The third-order valence-electron chi connectivity index (χ3n) is 7.56. The Morgan fingerprint density at radius 2 is 1.84 bits per heavy atom. The summed E-state index contributed by atoms with van der Waals surface area (Å²) in [5.41, 5.74) is 1.12. The molecule has 2 rings (SSSR count). The van der Waals surface area contributed by atoms with Crippen LogP contribution < -0.4 is 5.32 Å². The van der Waals surface area contributed by atoms with E-state index >= 15 is 0 Å². The van der Waals surface area contributed by atoms with E-state index in [-0.39, 0.29) is 50.2 Å². The highest BCUT2D eigenvalue weighted by atomic mass is 16.6. The Labute approximate surface area is 259 Å². The van der Waals surface area contributed by atoms with E-state index < -0.39 is 35.2 Å². The first kappa shape index (κ1) is 36.6. The number of ether oxygens (including phenoxy) is 2. The summed E-state index contributed by atoms with van der Waals surface area (Å²) in [4.78, 5) is 46.2. The minimum atomic E-state index is -0.729. The zero-order chi connectivity index (χ0) is 32.2. The average Bonchev–Trinajstić information content (AvgIpc) is 3.28. The maximum atomic E-state index is 12.6.